The van der Waals surface area contributed by atoms with Gasteiger partial charge < -0.3 is 15.8 Å². The molecule has 8 heteroatoms. The molecule has 2 amide bonds. The molecule has 1 atom stereocenters. The number of carbonyl (C=O) groups is 2. The Morgan fingerprint density at radius 2 is 2.14 bits per heavy atom. The molecule has 1 aromatic carbocycles. The highest BCUT2D eigenvalue weighted by atomic mass is 19.1. The van der Waals surface area contributed by atoms with Gasteiger partial charge in [-0.25, -0.2) is 4.39 Å². The number of primary amides is 1. The fraction of sp³-hybridized carbons (Fsp3) is 0.357. The lowest BCUT2D eigenvalue weighted by atomic mass is 10.1. The average molecular weight is 308 g/mol. The summed E-state index contributed by atoms with van der Waals surface area (Å²) < 4.78 is 17.8. The van der Waals surface area contributed by atoms with Crippen LogP contribution in [0.4, 0.5) is 10.1 Å². The lowest BCUT2D eigenvalue weighted by molar-refractivity contribution is -0.119. The number of carbonyl (C=O) groups excluding carboxylic acids is 2. The summed E-state index contributed by atoms with van der Waals surface area (Å²) in [7, 11) is 1.53. The van der Waals surface area contributed by atoms with Crippen LogP contribution >= 0.6 is 0 Å². The highest BCUT2D eigenvalue weighted by molar-refractivity contribution is 6.40. The lowest BCUT2D eigenvalue weighted by Crippen LogP contribution is -2.40. The van der Waals surface area contributed by atoms with E-state index in [0.29, 0.717) is 18.8 Å². The molecular formula is C14H17FN4O3. The number of halogens is 1. The molecule has 2 rings (SSSR count). The Balaban J connectivity index is 2.16. The van der Waals surface area contributed by atoms with Crippen LogP contribution in [0.2, 0.25) is 0 Å². The van der Waals surface area contributed by atoms with Crippen molar-refractivity contribution in [3.63, 3.8) is 0 Å². The van der Waals surface area contributed by atoms with Crippen LogP contribution in [0.1, 0.15) is 6.42 Å². The summed E-state index contributed by atoms with van der Waals surface area (Å²) in [6.45, 7) is 0.714. The molecule has 0 aromatic heterocycles. The molecule has 0 saturated carbocycles. The molecule has 3 N–H and O–H groups in total. The van der Waals surface area contributed by atoms with E-state index in [2.05, 4.69) is 10.4 Å². The second-order valence-electron chi connectivity index (χ2n) is 4.74. The minimum Gasteiger partial charge on any atom is -0.383 e. The molecule has 0 spiro atoms. The predicted octanol–water partition coefficient (Wildman–Crippen LogP) is 0.00830. The third-order valence-electron chi connectivity index (χ3n) is 3.18. The molecule has 0 radical (unpaired) electrons. The number of nitrogens with one attached hydrogen (secondary N) is 1. The minimum absolute atomic E-state index is 0.103. The van der Waals surface area contributed by atoms with Gasteiger partial charge in [0.05, 0.1) is 12.3 Å². The number of nitrogens with two attached hydrogens (primary N) is 1. The molecule has 1 heterocycles. The summed E-state index contributed by atoms with van der Waals surface area (Å²) >= 11 is 0. The zero-order valence-corrected chi connectivity index (χ0v) is 12.1. The van der Waals surface area contributed by atoms with E-state index < -0.39 is 17.8 Å². The summed E-state index contributed by atoms with van der Waals surface area (Å²) in [4.78, 5) is 23.5. The fourth-order valence-corrected chi connectivity index (χ4v) is 2.07. The first-order valence-electron chi connectivity index (χ1n) is 6.71. The molecule has 1 unspecified atom stereocenters. The van der Waals surface area contributed by atoms with Gasteiger partial charge in [0.15, 0.2) is 0 Å². The quantitative estimate of drug-likeness (QED) is 0.723. The van der Waals surface area contributed by atoms with Gasteiger partial charge >= 0.3 is 0 Å². The molecule has 7 nitrogen and oxygen atoms in total. The number of anilines is 1. The first-order valence-corrected chi connectivity index (χ1v) is 6.71. The van der Waals surface area contributed by atoms with Gasteiger partial charge in [-0.15, -0.1) is 0 Å². The van der Waals surface area contributed by atoms with E-state index in [1.54, 1.807) is 0 Å². The van der Waals surface area contributed by atoms with Gasteiger partial charge in [-0.1, -0.05) is 0 Å². The highest BCUT2D eigenvalue weighted by Crippen LogP contribution is 2.24. The van der Waals surface area contributed by atoms with E-state index in [9.17, 15) is 14.0 Å². The van der Waals surface area contributed by atoms with Crippen molar-refractivity contribution in [2.45, 2.75) is 12.5 Å². The molecule has 118 valence electrons. The molecule has 0 fully saturated rings. The largest absolute Gasteiger partial charge is 0.383 e. The Morgan fingerprint density at radius 1 is 1.45 bits per heavy atom. The Kier molecular flexibility index (Phi) is 5.05. The zero-order chi connectivity index (χ0) is 16.1. The van der Waals surface area contributed by atoms with Crippen LogP contribution in [-0.4, -0.2) is 43.8 Å². The van der Waals surface area contributed by atoms with Crippen molar-refractivity contribution in [1.82, 2.24) is 5.32 Å². The zero-order valence-electron chi connectivity index (χ0n) is 12.1. The number of nitrogens with zero attached hydrogens (tertiary/aromatic N) is 2. The minimum atomic E-state index is -0.770. The molecule has 0 bridgehead atoms. The number of amides is 2. The lowest BCUT2D eigenvalue weighted by Gasteiger charge is -2.20. The monoisotopic (exact) mass is 308 g/mol. The maximum absolute atomic E-state index is 13.0. The average Bonchev–Trinajstić information content (AvgIpc) is 2.93. The van der Waals surface area contributed by atoms with Gasteiger partial charge in [0.1, 0.15) is 17.6 Å². The summed E-state index contributed by atoms with van der Waals surface area (Å²) in [5, 5.41) is 8.12. The van der Waals surface area contributed by atoms with Crippen LogP contribution in [-0.2, 0) is 14.3 Å². The number of hydrazone groups is 1. The van der Waals surface area contributed by atoms with Gasteiger partial charge in [0, 0.05) is 20.1 Å². The third-order valence-corrected chi connectivity index (χ3v) is 3.18. The number of benzene rings is 1. The van der Waals surface area contributed by atoms with Crippen molar-refractivity contribution < 1.29 is 18.7 Å². The van der Waals surface area contributed by atoms with Gasteiger partial charge in [0.2, 0.25) is 5.91 Å². The standard InChI is InChI=1S/C14H17FN4O3/c1-22-7-6-17-14(21)11-8-12(13(16)20)19(18-11)10-4-2-9(15)3-5-10/h2-5,12H,6-8H2,1H3,(H2,16,20)(H,17,21). The first-order chi connectivity index (χ1) is 10.5. The molecule has 0 saturated heterocycles. The summed E-state index contributed by atoms with van der Waals surface area (Å²) in [6, 6.07) is 4.67. The number of rotatable bonds is 6. The van der Waals surface area contributed by atoms with Crippen LogP contribution in [0.3, 0.4) is 0 Å². The maximum Gasteiger partial charge on any atom is 0.267 e. The Bertz CT molecular complexity index is 588. The van der Waals surface area contributed by atoms with Crippen molar-refractivity contribution in [1.29, 1.82) is 0 Å². The number of methoxy groups -OCH3 is 1. The summed E-state index contributed by atoms with van der Waals surface area (Å²) in [5.74, 6) is -1.39. The van der Waals surface area contributed by atoms with Gasteiger partial charge in [-0.05, 0) is 24.3 Å². The van der Waals surface area contributed by atoms with Crippen LogP contribution in [0.5, 0.6) is 0 Å². The SMILES string of the molecule is COCCNC(=O)C1=NN(c2ccc(F)cc2)C(C(N)=O)C1. The van der Waals surface area contributed by atoms with Crippen LogP contribution in [0.15, 0.2) is 29.4 Å². The van der Waals surface area contributed by atoms with Gasteiger partial charge in [0.25, 0.3) is 5.91 Å². The number of hydrogen-bond donors (Lipinski definition) is 2. The molecular weight excluding hydrogens is 291 g/mol. The van der Waals surface area contributed by atoms with E-state index in [0.717, 1.165) is 0 Å². The normalized spacial score (nSPS) is 17.3. The molecule has 22 heavy (non-hydrogen) atoms. The summed E-state index contributed by atoms with van der Waals surface area (Å²) in [6.07, 6.45) is 0.103. The highest BCUT2D eigenvalue weighted by Gasteiger charge is 2.34. The molecule has 1 aliphatic rings. The second kappa shape index (κ2) is 6.99. The fourth-order valence-electron chi connectivity index (χ4n) is 2.07. The van der Waals surface area contributed by atoms with E-state index >= 15 is 0 Å². The topological polar surface area (TPSA) is 97.0 Å². The van der Waals surface area contributed by atoms with E-state index in [1.807, 2.05) is 0 Å². The smallest absolute Gasteiger partial charge is 0.267 e. The molecule has 1 aliphatic heterocycles. The maximum atomic E-state index is 13.0. The van der Waals surface area contributed by atoms with Crippen molar-refractivity contribution in [3.05, 3.63) is 30.1 Å². The van der Waals surface area contributed by atoms with Crippen molar-refractivity contribution in [2.75, 3.05) is 25.3 Å². The number of hydrogen-bond acceptors (Lipinski definition) is 5. The molecule has 1 aromatic rings. The van der Waals surface area contributed by atoms with E-state index in [1.165, 1.54) is 36.4 Å². The van der Waals surface area contributed by atoms with Crippen molar-refractivity contribution in [2.24, 2.45) is 10.8 Å². The Hall–Kier alpha value is -2.48. The van der Waals surface area contributed by atoms with Crippen molar-refractivity contribution in [3.8, 4) is 0 Å². The molecule has 0 aliphatic carbocycles. The van der Waals surface area contributed by atoms with Crippen LogP contribution in [0.25, 0.3) is 0 Å². The Morgan fingerprint density at radius 3 is 2.73 bits per heavy atom. The van der Waals surface area contributed by atoms with Gasteiger partial charge in [-0.2, -0.15) is 5.10 Å². The third kappa shape index (κ3) is 3.59. The van der Waals surface area contributed by atoms with E-state index in [-0.39, 0.29) is 18.0 Å². The van der Waals surface area contributed by atoms with E-state index in [4.69, 9.17) is 10.5 Å². The van der Waals surface area contributed by atoms with Crippen LogP contribution < -0.4 is 16.1 Å². The Labute approximate surface area is 126 Å². The van der Waals surface area contributed by atoms with Crippen LogP contribution in [0, 0.1) is 5.82 Å². The number of ether oxygens (including phenoxy) is 1. The first kappa shape index (κ1) is 15.9. The van der Waals surface area contributed by atoms with Crippen molar-refractivity contribution >= 4 is 23.2 Å². The predicted molar refractivity (Wildman–Crippen MR) is 78.8 cm³/mol. The second-order valence-corrected chi connectivity index (χ2v) is 4.74. The summed E-state index contributed by atoms with van der Waals surface area (Å²) in [5.41, 5.74) is 6.05. The van der Waals surface area contributed by atoms with Gasteiger partial charge in [-0.3, -0.25) is 14.6 Å².